The summed E-state index contributed by atoms with van der Waals surface area (Å²) in [6, 6.07) is 13.3. The van der Waals surface area contributed by atoms with Crippen LogP contribution in [0.25, 0.3) is 0 Å². The first-order valence-corrected chi connectivity index (χ1v) is 11.1. The Morgan fingerprint density at radius 3 is 2.43 bits per heavy atom. The Kier molecular flexibility index (Phi) is 7.18. The van der Waals surface area contributed by atoms with Gasteiger partial charge in [-0.1, -0.05) is 78.3 Å². The van der Waals surface area contributed by atoms with E-state index in [2.05, 4.69) is 46.8 Å². The molecule has 28 heavy (non-hydrogen) atoms. The summed E-state index contributed by atoms with van der Waals surface area (Å²) in [6.45, 7) is 4.32. The molecule has 0 saturated carbocycles. The summed E-state index contributed by atoms with van der Waals surface area (Å²) in [5.41, 5.74) is 2.65. The molecule has 2 aromatic carbocycles. The molecule has 5 nitrogen and oxygen atoms in total. The van der Waals surface area contributed by atoms with Crippen molar-refractivity contribution in [1.29, 1.82) is 0 Å². The zero-order chi connectivity index (χ0) is 20.1. The van der Waals surface area contributed by atoms with Crippen LogP contribution in [-0.4, -0.2) is 21.9 Å². The van der Waals surface area contributed by atoms with Crippen LogP contribution in [0.2, 0.25) is 10.0 Å². The van der Waals surface area contributed by atoms with Gasteiger partial charge in [0, 0.05) is 5.69 Å². The third kappa shape index (κ3) is 5.61. The summed E-state index contributed by atoms with van der Waals surface area (Å²) in [7, 11) is 0. The van der Waals surface area contributed by atoms with E-state index in [4.69, 9.17) is 23.2 Å². The van der Waals surface area contributed by atoms with Gasteiger partial charge < -0.3 is 10.6 Å². The molecule has 1 aromatic heterocycles. The minimum Gasteiger partial charge on any atom is -0.330 e. The second-order valence-electron chi connectivity index (χ2n) is 6.21. The number of benzene rings is 2. The van der Waals surface area contributed by atoms with Gasteiger partial charge in [0.25, 0.3) is 0 Å². The lowest BCUT2D eigenvalue weighted by Crippen LogP contribution is -2.14. The number of carbonyl (C=O) groups excluding carboxylic acids is 1. The fourth-order valence-corrected chi connectivity index (χ4v) is 4.38. The van der Waals surface area contributed by atoms with Gasteiger partial charge in [0.1, 0.15) is 0 Å². The molecule has 3 aromatic rings. The smallest absolute Gasteiger partial charge is 0.234 e. The molecular formula is C19H18Cl2N4OS2. The third-order valence-electron chi connectivity index (χ3n) is 3.79. The van der Waals surface area contributed by atoms with E-state index in [1.165, 1.54) is 28.7 Å². The van der Waals surface area contributed by atoms with Crippen LogP contribution in [0, 0.1) is 0 Å². The van der Waals surface area contributed by atoms with Gasteiger partial charge in [0.05, 0.1) is 21.5 Å². The zero-order valence-corrected chi connectivity index (χ0v) is 18.3. The Morgan fingerprint density at radius 1 is 1.11 bits per heavy atom. The molecule has 0 fully saturated rings. The maximum absolute atomic E-state index is 12.2. The lowest BCUT2D eigenvalue weighted by molar-refractivity contribution is -0.113. The fraction of sp³-hybridized carbons (Fsp3) is 0.211. The van der Waals surface area contributed by atoms with Gasteiger partial charge in [-0.15, -0.1) is 10.2 Å². The molecule has 0 atom stereocenters. The first kappa shape index (κ1) is 20.9. The van der Waals surface area contributed by atoms with Crippen molar-refractivity contribution in [3.8, 4) is 0 Å². The molecule has 2 N–H and O–H groups in total. The lowest BCUT2D eigenvalue weighted by atomic mass is 10.0. The minimum atomic E-state index is -0.214. The highest BCUT2D eigenvalue weighted by Crippen LogP contribution is 2.31. The minimum absolute atomic E-state index is 0.180. The zero-order valence-electron chi connectivity index (χ0n) is 15.2. The number of thioether (sulfide) groups is 1. The van der Waals surface area contributed by atoms with Gasteiger partial charge in [-0.05, 0) is 35.7 Å². The van der Waals surface area contributed by atoms with Crippen molar-refractivity contribution < 1.29 is 4.79 Å². The van der Waals surface area contributed by atoms with Crippen LogP contribution in [0.3, 0.4) is 0 Å². The van der Waals surface area contributed by atoms with Crippen LogP contribution >= 0.6 is 46.3 Å². The summed E-state index contributed by atoms with van der Waals surface area (Å²) >= 11 is 14.8. The molecule has 0 spiro atoms. The molecule has 9 heteroatoms. The molecule has 146 valence electrons. The Bertz CT molecular complexity index is 941. The average molecular weight is 453 g/mol. The van der Waals surface area contributed by atoms with Crippen LogP contribution in [0.5, 0.6) is 0 Å². The average Bonchev–Trinajstić information content (AvgIpc) is 3.11. The van der Waals surface area contributed by atoms with Crippen LogP contribution in [0.1, 0.15) is 25.3 Å². The van der Waals surface area contributed by atoms with E-state index in [0.717, 1.165) is 5.69 Å². The second kappa shape index (κ2) is 9.60. The molecule has 0 aliphatic heterocycles. The molecule has 0 radical (unpaired) electrons. The summed E-state index contributed by atoms with van der Waals surface area (Å²) < 4.78 is 0.696. The summed E-state index contributed by atoms with van der Waals surface area (Å²) in [5, 5.41) is 15.7. The Balaban J connectivity index is 1.53. The maximum Gasteiger partial charge on any atom is 0.234 e. The molecule has 0 aliphatic carbocycles. The molecule has 1 heterocycles. The van der Waals surface area contributed by atoms with Gasteiger partial charge in [-0.25, -0.2) is 0 Å². The number of hydrogen-bond acceptors (Lipinski definition) is 6. The largest absolute Gasteiger partial charge is 0.330 e. The number of halogens is 2. The van der Waals surface area contributed by atoms with E-state index in [0.29, 0.717) is 31.1 Å². The highest BCUT2D eigenvalue weighted by molar-refractivity contribution is 8.01. The molecule has 1 amide bonds. The molecule has 3 rings (SSSR count). The first-order chi connectivity index (χ1) is 13.4. The highest BCUT2D eigenvalue weighted by Gasteiger charge is 2.12. The predicted octanol–water partition coefficient (Wildman–Crippen LogP) is 6.44. The van der Waals surface area contributed by atoms with Gasteiger partial charge in [0.15, 0.2) is 4.34 Å². The van der Waals surface area contributed by atoms with Crippen LogP contribution in [0.15, 0.2) is 46.8 Å². The second-order valence-corrected chi connectivity index (χ2v) is 9.22. The number of para-hydroxylation sites is 1. The van der Waals surface area contributed by atoms with Crippen molar-refractivity contribution in [2.75, 3.05) is 16.4 Å². The lowest BCUT2D eigenvalue weighted by Gasteiger charge is -2.08. The van der Waals surface area contributed by atoms with E-state index in [9.17, 15) is 4.79 Å². The third-order valence-corrected chi connectivity index (χ3v) is 6.39. The predicted molar refractivity (Wildman–Crippen MR) is 120 cm³/mol. The summed E-state index contributed by atoms with van der Waals surface area (Å²) in [4.78, 5) is 12.2. The van der Waals surface area contributed by atoms with E-state index in [1.807, 2.05) is 12.1 Å². The number of nitrogens with zero attached hydrogens (tertiary/aromatic N) is 2. The maximum atomic E-state index is 12.2. The number of amides is 1. The van der Waals surface area contributed by atoms with Gasteiger partial charge >= 0.3 is 0 Å². The SMILES string of the molecule is CC(C)c1ccc(Nc2nnc(SCC(=O)Nc3c(Cl)cccc3Cl)s2)cc1. The van der Waals surface area contributed by atoms with Crippen molar-refractivity contribution in [2.45, 2.75) is 24.1 Å². The highest BCUT2D eigenvalue weighted by atomic mass is 35.5. The molecule has 0 aliphatic rings. The quantitative estimate of drug-likeness (QED) is 0.403. The Hall–Kier alpha value is -1.80. The first-order valence-electron chi connectivity index (χ1n) is 8.49. The van der Waals surface area contributed by atoms with Crippen LogP contribution < -0.4 is 10.6 Å². The monoisotopic (exact) mass is 452 g/mol. The number of rotatable bonds is 7. The number of aromatic nitrogens is 2. The summed E-state index contributed by atoms with van der Waals surface area (Å²) in [5.74, 6) is 0.457. The molecular weight excluding hydrogens is 435 g/mol. The van der Waals surface area contributed by atoms with E-state index in [1.54, 1.807) is 18.2 Å². The number of carbonyl (C=O) groups is 1. The topological polar surface area (TPSA) is 66.9 Å². The van der Waals surface area contributed by atoms with Crippen molar-refractivity contribution in [1.82, 2.24) is 10.2 Å². The van der Waals surface area contributed by atoms with Gasteiger partial charge in [-0.2, -0.15) is 0 Å². The van der Waals surface area contributed by atoms with Crippen LogP contribution in [-0.2, 0) is 4.79 Å². The molecule has 0 bridgehead atoms. The van der Waals surface area contributed by atoms with Crippen LogP contribution in [0.4, 0.5) is 16.5 Å². The molecule has 0 unspecified atom stereocenters. The van der Waals surface area contributed by atoms with E-state index >= 15 is 0 Å². The standard InChI is InChI=1S/C19H18Cl2N4OS2/c1-11(2)12-6-8-13(9-7-12)22-18-24-25-19(28-18)27-10-16(26)23-17-14(20)4-3-5-15(17)21/h3-9,11H,10H2,1-2H3,(H,22,24)(H,23,26). The normalized spacial score (nSPS) is 10.9. The number of nitrogens with one attached hydrogen (secondary N) is 2. The van der Waals surface area contributed by atoms with Gasteiger partial charge in [0.2, 0.25) is 11.0 Å². The van der Waals surface area contributed by atoms with Crippen molar-refractivity contribution in [3.05, 3.63) is 58.1 Å². The summed E-state index contributed by atoms with van der Waals surface area (Å²) in [6.07, 6.45) is 0. The van der Waals surface area contributed by atoms with Gasteiger partial charge in [-0.3, -0.25) is 4.79 Å². The van der Waals surface area contributed by atoms with Crippen molar-refractivity contribution in [3.63, 3.8) is 0 Å². The Morgan fingerprint density at radius 2 is 1.79 bits per heavy atom. The Labute approximate surface area is 181 Å². The number of hydrogen-bond donors (Lipinski definition) is 2. The van der Waals surface area contributed by atoms with E-state index in [-0.39, 0.29) is 11.7 Å². The molecule has 0 saturated heterocycles. The fourth-order valence-electron chi connectivity index (χ4n) is 2.31. The van der Waals surface area contributed by atoms with Crippen molar-refractivity contribution in [2.24, 2.45) is 0 Å². The van der Waals surface area contributed by atoms with Crippen molar-refractivity contribution >= 4 is 68.7 Å². The number of anilines is 3. The van der Waals surface area contributed by atoms with E-state index < -0.39 is 0 Å².